The number of carbonyl (C=O) groups excluding carboxylic acids is 1. The van der Waals surface area contributed by atoms with Crippen LogP contribution in [0.25, 0.3) is 0 Å². The molecule has 2 bridgehead atoms. The molecule has 1 amide bonds. The highest BCUT2D eigenvalue weighted by Gasteiger charge is 2.51. The van der Waals surface area contributed by atoms with E-state index in [1.165, 1.54) is 0 Å². The normalized spacial score (nSPS) is 29.8. The summed E-state index contributed by atoms with van der Waals surface area (Å²) in [5, 5.41) is 15.2. The van der Waals surface area contributed by atoms with Crippen molar-refractivity contribution in [3.63, 3.8) is 0 Å². The minimum absolute atomic E-state index is 0.0184. The molecule has 1 heterocycles. The van der Waals surface area contributed by atoms with Crippen LogP contribution in [0.15, 0.2) is 17.5 Å². The van der Waals surface area contributed by atoms with E-state index in [0.29, 0.717) is 13.0 Å². The van der Waals surface area contributed by atoms with E-state index in [-0.39, 0.29) is 17.7 Å². The van der Waals surface area contributed by atoms with Crippen molar-refractivity contribution in [2.24, 2.45) is 23.7 Å². The number of hydrogen-bond acceptors (Lipinski definition) is 4. The molecule has 0 spiro atoms. The molecule has 1 saturated carbocycles. The number of aryl methyl sites for hydroxylation is 1. The quantitative estimate of drug-likeness (QED) is 0.810. The molecule has 0 aromatic carbocycles. The number of rotatable bonds is 5. The van der Waals surface area contributed by atoms with Gasteiger partial charge in [-0.3, -0.25) is 9.59 Å². The van der Waals surface area contributed by atoms with E-state index in [2.05, 4.69) is 10.3 Å². The maximum Gasteiger partial charge on any atom is 0.307 e. The fourth-order valence-electron chi connectivity index (χ4n) is 3.44. The Morgan fingerprint density at radius 1 is 1.38 bits per heavy atom. The predicted molar refractivity (Wildman–Crippen MR) is 78.9 cm³/mol. The van der Waals surface area contributed by atoms with Gasteiger partial charge in [-0.2, -0.15) is 0 Å². The molecule has 21 heavy (non-hydrogen) atoms. The van der Waals surface area contributed by atoms with Crippen LogP contribution in [0.5, 0.6) is 0 Å². The van der Waals surface area contributed by atoms with E-state index in [1.807, 2.05) is 24.5 Å². The number of allylic oxidation sites excluding steroid dienone is 2. The van der Waals surface area contributed by atoms with Gasteiger partial charge in [0.1, 0.15) is 0 Å². The van der Waals surface area contributed by atoms with Gasteiger partial charge in [-0.05, 0) is 25.2 Å². The fourth-order valence-corrected chi connectivity index (χ4v) is 4.22. The largest absolute Gasteiger partial charge is 0.481 e. The molecule has 2 aliphatic rings. The van der Waals surface area contributed by atoms with Crippen LogP contribution in [0.1, 0.15) is 17.1 Å². The van der Waals surface area contributed by atoms with Crippen LogP contribution in [0.3, 0.4) is 0 Å². The summed E-state index contributed by atoms with van der Waals surface area (Å²) in [5.41, 5.74) is 0.991. The smallest absolute Gasteiger partial charge is 0.307 e. The fraction of sp³-hybridized carbons (Fsp3) is 0.533. The zero-order valence-electron chi connectivity index (χ0n) is 11.8. The number of carboxylic acids is 1. The van der Waals surface area contributed by atoms with E-state index in [0.717, 1.165) is 17.1 Å². The first kappa shape index (κ1) is 14.3. The lowest BCUT2D eigenvalue weighted by Gasteiger charge is -2.23. The van der Waals surface area contributed by atoms with Crippen LogP contribution in [0, 0.1) is 30.6 Å². The first-order valence-electron chi connectivity index (χ1n) is 7.16. The van der Waals surface area contributed by atoms with Gasteiger partial charge in [-0.25, -0.2) is 4.98 Å². The van der Waals surface area contributed by atoms with Gasteiger partial charge in [-0.1, -0.05) is 12.2 Å². The zero-order valence-corrected chi connectivity index (χ0v) is 12.6. The van der Waals surface area contributed by atoms with Gasteiger partial charge in [0.25, 0.3) is 0 Å². The third-order valence-electron chi connectivity index (χ3n) is 4.35. The van der Waals surface area contributed by atoms with Crippen molar-refractivity contribution in [2.75, 3.05) is 6.54 Å². The van der Waals surface area contributed by atoms with Crippen LogP contribution < -0.4 is 5.32 Å². The summed E-state index contributed by atoms with van der Waals surface area (Å²) >= 11 is 1.58. The number of nitrogens with zero attached hydrogens (tertiary/aromatic N) is 1. The molecule has 5 nitrogen and oxygen atoms in total. The lowest BCUT2D eigenvalue weighted by Crippen LogP contribution is -2.40. The Morgan fingerprint density at radius 3 is 2.71 bits per heavy atom. The van der Waals surface area contributed by atoms with Gasteiger partial charge >= 0.3 is 5.97 Å². The van der Waals surface area contributed by atoms with E-state index >= 15 is 0 Å². The van der Waals surface area contributed by atoms with Gasteiger partial charge < -0.3 is 10.4 Å². The monoisotopic (exact) mass is 306 g/mol. The molecule has 0 saturated heterocycles. The van der Waals surface area contributed by atoms with Crippen molar-refractivity contribution in [1.29, 1.82) is 0 Å². The molecule has 0 aliphatic heterocycles. The number of hydrogen-bond donors (Lipinski definition) is 2. The van der Waals surface area contributed by atoms with Crippen molar-refractivity contribution in [2.45, 2.75) is 19.8 Å². The summed E-state index contributed by atoms with van der Waals surface area (Å²) in [5.74, 6) is -1.88. The molecule has 2 aliphatic carbocycles. The van der Waals surface area contributed by atoms with E-state index < -0.39 is 17.8 Å². The lowest BCUT2D eigenvalue weighted by atomic mass is 9.82. The third-order valence-corrected chi connectivity index (χ3v) is 5.38. The number of amides is 1. The van der Waals surface area contributed by atoms with Crippen molar-refractivity contribution in [3.8, 4) is 0 Å². The number of nitrogens with one attached hydrogen (secondary N) is 1. The molecular formula is C15H18N2O3S. The number of thiazole rings is 1. The maximum absolute atomic E-state index is 12.3. The van der Waals surface area contributed by atoms with Crippen molar-refractivity contribution >= 4 is 23.2 Å². The Bertz CT molecular complexity index is 595. The first-order chi connectivity index (χ1) is 10.1. The highest BCUT2D eigenvalue weighted by Crippen LogP contribution is 2.48. The van der Waals surface area contributed by atoms with Gasteiger partial charge in [0.2, 0.25) is 5.91 Å². The van der Waals surface area contributed by atoms with Crippen molar-refractivity contribution in [1.82, 2.24) is 10.3 Å². The predicted octanol–water partition coefficient (Wildman–Crippen LogP) is 1.63. The van der Waals surface area contributed by atoms with Gasteiger partial charge in [-0.15, -0.1) is 11.3 Å². The highest BCUT2D eigenvalue weighted by atomic mass is 32.1. The molecule has 2 N–H and O–H groups in total. The van der Waals surface area contributed by atoms with Crippen molar-refractivity contribution < 1.29 is 14.7 Å². The second-order valence-corrected chi connectivity index (χ2v) is 6.70. The summed E-state index contributed by atoms with van der Waals surface area (Å²) in [6, 6.07) is 0. The standard InChI is InChI=1S/C15H18N2O3S/c1-8-7-21-11(17-8)4-5-16-14(18)12-9-2-3-10(6-9)13(12)15(19)20/h2-3,7,9-10,12-13H,4-6H2,1H3,(H,16,18)(H,19,20)/t9?,10?,12-,13+/m0/s1. The van der Waals surface area contributed by atoms with Crippen LogP contribution >= 0.6 is 11.3 Å². The molecule has 1 aromatic rings. The van der Waals surface area contributed by atoms with E-state index in [1.54, 1.807) is 11.3 Å². The number of carbonyl (C=O) groups is 2. The second-order valence-electron chi connectivity index (χ2n) is 5.76. The highest BCUT2D eigenvalue weighted by molar-refractivity contribution is 7.09. The van der Waals surface area contributed by atoms with Crippen LogP contribution in [-0.2, 0) is 16.0 Å². The second kappa shape index (κ2) is 5.60. The van der Waals surface area contributed by atoms with E-state index in [4.69, 9.17) is 0 Å². The summed E-state index contributed by atoms with van der Waals surface area (Å²) in [7, 11) is 0. The Labute approximate surface area is 127 Å². The number of carboxylic acid groups (broad SMARTS) is 1. The Balaban J connectivity index is 1.57. The summed E-state index contributed by atoms with van der Waals surface area (Å²) in [4.78, 5) is 28.1. The van der Waals surface area contributed by atoms with Crippen molar-refractivity contribution in [3.05, 3.63) is 28.2 Å². The van der Waals surface area contributed by atoms with Gasteiger partial charge in [0.05, 0.1) is 16.8 Å². The molecule has 3 rings (SSSR count). The Morgan fingerprint density at radius 2 is 2.10 bits per heavy atom. The lowest BCUT2D eigenvalue weighted by molar-refractivity contribution is -0.147. The maximum atomic E-state index is 12.3. The van der Waals surface area contributed by atoms with E-state index in [9.17, 15) is 14.7 Å². The number of aliphatic carboxylic acids is 1. The molecule has 4 atom stereocenters. The average molecular weight is 306 g/mol. The molecule has 0 radical (unpaired) electrons. The molecule has 6 heteroatoms. The van der Waals surface area contributed by atoms with Gasteiger partial charge in [0, 0.05) is 24.0 Å². The Kier molecular flexibility index (Phi) is 3.80. The average Bonchev–Trinajstić information content (AvgIpc) is 3.13. The minimum atomic E-state index is -0.859. The Hall–Kier alpha value is -1.69. The zero-order chi connectivity index (χ0) is 15.0. The first-order valence-corrected chi connectivity index (χ1v) is 8.04. The summed E-state index contributed by atoms with van der Waals surface area (Å²) < 4.78 is 0. The van der Waals surface area contributed by atoms with Crippen LogP contribution in [0.2, 0.25) is 0 Å². The molecule has 1 fully saturated rings. The molecule has 112 valence electrons. The van der Waals surface area contributed by atoms with Crippen LogP contribution in [0.4, 0.5) is 0 Å². The molecule has 1 aromatic heterocycles. The summed E-state index contributed by atoms with van der Waals surface area (Å²) in [6.07, 6.45) is 5.43. The number of aromatic nitrogens is 1. The SMILES string of the molecule is Cc1csc(CCNC(=O)[C@H]2C3C=CC(C3)[C@H]2C(=O)O)n1. The van der Waals surface area contributed by atoms with Gasteiger partial charge in [0.15, 0.2) is 0 Å². The topological polar surface area (TPSA) is 79.3 Å². The molecule has 2 unspecified atom stereocenters. The number of fused-ring (bicyclic) bond motifs is 2. The third kappa shape index (κ3) is 2.72. The summed E-state index contributed by atoms with van der Waals surface area (Å²) in [6.45, 7) is 2.45. The minimum Gasteiger partial charge on any atom is -0.481 e. The molecular weight excluding hydrogens is 288 g/mol. The van der Waals surface area contributed by atoms with Crippen LogP contribution in [-0.4, -0.2) is 28.5 Å².